The Balaban J connectivity index is 1.45. The summed E-state index contributed by atoms with van der Waals surface area (Å²) in [6, 6.07) is 15.8. The number of fused-ring (bicyclic) bond motifs is 1. The summed E-state index contributed by atoms with van der Waals surface area (Å²) in [5.74, 6) is -0.243. The first-order valence-electron chi connectivity index (χ1n) is 7.94. The molecule has 0 aliphatic carbocycles. The summed E-state index contributed by atoms with van der Waals surface area (Å²) in [5, 5.41) is 1.01. The van der Waals surface area contributed by atoms with Crippen LogP contribution in [0.2, 0.25) is 0 Å². The van der Waals surface area contributed by atoms with Crippen molar-refractivity contribution in [2.75, 3.05) is 5.75 Å². The van der Waals surface area contributed by atoms with Gasteiger partial charge in [-0.1, -0.05) is 35.9 Å². The van der Waals surface area contributed by atoms with Crippen LogP contribution in [0, 0.1) is 6.92 Å². The van der Waals surface area contributed by atoms with Gasteiger partial charge in [0, 0.05) is 22.0 Å². The van der Waals surface area contributed by atoms with Crippen LogP contribution in [0.25, 0.3) is 10.9 Å². The van der Waals surface area contributed by atoms with Crippen molar-refractivity contribution in [3.63, 3.8) is 0 Å². The summed E-state index contributed by atoms with van der Waals surface area (Å²) >= 11 is 1.43. The number of carbonyl (C=O) groups is 2. The third-order valence-electron chi connectivity index (χ3n) is 3.76. The normalized spacial score (nSPS) is 10.6. The maximum atomic E-state index is 12.0. The predicted molar refractivity (Wildman–Crippen MR) is 100 cm³/mol. The van der Waals surface area contributed by atoms with Crippen molar-refractivity contribution in [1.29, 1.82) is 0 Å². The van der Waals surface area contributed by atoms with Crippen molar-refractivity contribution in [2.24, 2.45) is 0 Å². The number of aryl methyl sites for hydroxylation is 1. The van der Waals surface area contributed by atoms with Crippen molar-refractivity contribution >= 4 is 34.5 Å². The molecular formula is C19H19N3O2S. The zero-order valence-corrected chi connectivity index (χ0v) is 14.7. The summed E-state index contributed by atoms with van der Waals surface area (Å²) in [6.07, 6.45) is 2.02. The predicted octanol–water partition coefficient (Wildman–Crippen LogP) is 2.96. The lowest BCUT2D eigenvalue weighted by atomic mass is 10.1. The van der Waals surface area contributed by atoms with Gasteiger partial charge in [-0.05, 0) is 30.7 Å². The maximum absolute atomic E-state index is 12.0. The molecular weight excluding hydrogens is 334 g/mol. The molecule has 128 valence electrons. The fraction of sp³-hybridized carbons (Fsp3) is 0.158. The Labute approximate surface area is 150 Å². The molecule has 0 unspecified atom stereocenters. The molecule has 0 aliphatic heterocycles. The minimum atomic E-state index is -0.251. The highest BCUT2D eigenvalue weighted by Gasteiger charge is 2.09. The molecule has 3 N–H and O–H groups in total. The minimum absolute atomic E-state index is 0.204. The smallest absolute Gasteiger partial charge is 0.248 e. The summed E-state index contributed by atoms with van der Waals surface area (Å²) in [7, 11) is 0. The van der Waals surface area contributed by atoms with Gasteiger partial charge in [-0.15, -0.1) is 11.8 Å². The monoisotopic (exact) mass is 353 g/mol. The molecule has 1 heterocycles. The van der Waals surface area contributed by atoms with Crippen molar-refractivity contribution in [3.05, 3.63) is 65.9 Å². The molecule has 0 bridgehead atoms. The SMILES string of the molecule is Cc1ccc(SCC(=O)NNC(=O)Cc2c[nH]c3ccccc23)cc1. The van der Waals surface area contributed by atoms with Crippen LogP contribution in [-0.4, -0.2) is 22.6 Å². The molecule has 0 aliphatic rings. The Hall–Kier alpha value is -2.73. The maximum Gasteiger partial charge on any atom is 0.248 e. The lowest BCUT2D eigenvalue weighted by Gasteiger charge is -2.07. The van der Waals surface area contributed by atoms with Crippen LogP contribution < -0.4 is 10.9 Å². The first-order valence-corrected chi connectivity index (χ1v) is 8.92. The van der Waals surface area contributed by atoms with Crippen molar-refractivity contribution in [1.82, 2.24) is 15.8 Å². The molecule has 2 aromatic carbocycles. The Kier molecular flexibility index (Phi) is 5.40. The summed E-state index contributed by atoms with van der Waals surface area (Å²) < 4.78 is 0. The van der Waals surface area contributed by atoms with Crippen molar-refractivity contribution < 1.29 is 9.59 Å². The van der Waals surface area contributed by atoms with Gasteiger partial charge < -0.3 is 4.98 Å². The first kappa shape index (κ1) is 17.1. The molecule has 25 heavy (non-hydrogen) atoms. The van der Waals surface area contributed by atoms with Crippen molar-refractivity contribution in [3.8, 4) is 0 Å². The number of para-hydroxylation sites is 1. The minimum Gasteiger partial charge on any atom is -0.361 e. The molecule has 3 aromatic rings. The molecule has 0 atom stereocenters. The zero-order chi connectivity index (χ0) is 17.6. The Bertz CT molecular complexity index is 887. The molecule has 0 saturated heterocycles. The number of hydrogen-bond donors (Lipinski definition) is 3. The van der Waals surface area contributed by atoms with Crippen LogP contribution in [0.3, 0.4) is 0 Å². The number of nitrogens with one attached hydrogen (secondary N) is 3. The van der Waals surface area contributed by atoms with E-state index in [-0.39, 0.29) is 24.0 Å². The topological polar surface area (TPSA) is 74.0 Å². The fourth-order valence-electron chi connectivity index (χ4n) is 2.45. The van der Waals surface area contributed by atoms with E-state index in [0.29, 0.717) is 0 Å². The molecule has 0 spiro atoms. The Morgan fingerprint density at radius 1 is 1.00 bits per heavy atom. The number of aromatic amines is 1. The highest BCUT2D eigenvalue weighted by atomic mass is 32.2. The van der Waals surface area contributed by atoms with Gasteiger partial charge in [-0.3, -0.25) is 20.4 Å². The number of hydrazine groups is 1. The first-order chi connectivity index (χ1) is 12.1. The molecule has 0 saturated carbocycles. The van der Waals surface area contributed by atoms with Gasteiger partial charge in [-0.25, -0.2) is 0 Å². The van der Waals surface area contributed by atoms with Gasteiger partial charge in [0.25, 0.3) is 0 Å². The lowest BCUT2D eigenvalue weighted by molar-refractivity contribution is -0.127. The second-order valence-corrected chi connectivity index (χ2v) is 6.78. The third kappa shape index (κ3) is 4.64. The standard InChI is InChI=1S/C19H19N3O2S/c1-13-6-8-15(9-7-13)25-12-19(24)22-21-18(23)10-14-11-20-17-5-3-2-4-16(14)17/h2-9,11,20H,10,12H2,1H3,(H,21,23)(H,22,24). The highest BCUT2D eigenvalue weighted by molar-refractivity contribution is 8.00. The van der Waals surface area contributed by atoms with E-state index in [0.717, 1.165) is 21.4 Å². The zero-order valence-electron chi connectivity index (χ0n) is 13.8. The number of carbonyl (C=O) groups excluding carboxylic acids is 2. The number of rotatable bonds is 5. The second kappa shape index (κ2) is 7.90. The number of hydrogen-bond acceptors (Lipinski definition) is 3. The van der Waals surface area contributed by atoms with Crippen LogP contribution >= 0.6 is 11.8 Å². The van der Waals surface area contributed by atoms with Gasteiger partial charge >= 0.3 is 0 Å². The summed E-state index contributed by atoms with van der Waals surface area (Å²) in [5.41, 5.74) is 7.99. The molecule has 5 nitrogen and oxygen atoms in total. The molecule has 0 radical (unpaired) electrons. The van der Waals surface area contributed by atoms with Crippen molar-refractivity contribution in [2.45, 2.75) is 18.2 Å². The van der Waals surface area contributed by atoms with Gasteiger partial charge in [0.05, 0.1) is 12.2 Å². The molecule has 1 aromatic heterocycles. The number of thioether (sulfide) groups is 1. The van der Waals surface area contributed by atoms with E-state index >= 15 is 0 Å². The van der Waals surface area contributed by atoms with Crippen LogP contribution in [0.15, 0.2) is 59.6 Å². The van der Waals surface area contributed by atoms with E-state index in [4.69, 9.17) is 0 Å². The van der Waals surface area contributed by atoms with Crippen LogP contribution in [0.1, 0.15) is 11.1 Å². The van der Waals surface area contributed by atoms with E-state index in [1.54, 1.807) is 0 Å². The van der Waals surface area contributed by atoms with Crippen LogP contribution in [0.4, 0.5) is 0 Å². The Morgan fingerprint density at radius 2 is 1.72 bits per heavy atom. The summed E-state index contributed by atoms with van der Waals surface area (Å²) in [6.45, 7) is 2.02. The quantitative estimate of drug-likeness (QED) is 0.488. The number of aromatic nitrogens is 1. The number of benzene rings is 2. The number of amides is 2. The van der Waals surface area contributed by atoms with E-state index in [9.17, 15) is 9.59 Å². The van der Waals surface area contributed by atoms with Crippen LogP contribution in [0.5, 0.6) is 0 Å². The van der Waals surface area contributed by atoms with E-state index in [1.165, 1.54) is 17.3 Å². The average molecular weight is 353 g/mol. The van der Waals surface area contributed by atoms with Gasteiger partial charge in [-0.2, -0.15) is 0 Å². The molecule has 0 fully saturated rings. The van der Waals surface area contributed by atoms with Gasteiger partial charge in [0.2, 0.25) is 11.8 Å². The average Bonchev–Trinajstić information content (AvgIpc) is 3.02. The number of H-pyrrole nitrogens is 1. The third-order valence-corrected chi connectivity index (χ3v) is 4.77. The molecule has 2 amide bonds. The second-order valence-electron chi connectivity index (χ2n) is 5.73. The summed E-state index contributed by atoms with van der Waals surface area (Å²) in [4.78, 5) is 28.0. The van der Waals surface area contributed by atoms with Gasteiger partial charge in [0.1, 0.15) is 0 Å². The van der Waals surface area contributed by atoms with E-state index < -0.39 is 0 Å². The molecule has 3 rings (SSSR count). The molecule has 6 heteroatoms. The van der Waals surface area contributed by atoms with E-state index in [1.807, 2.05) is 61.7 Å². The lowest BCUT2D eigenvalue weighted by Crippen LogP contribution is -2.43. The van der Waals surface area contributed by atoms with Crippen LogP contribution in [-0.2, 0) is 16.0 Å². The fourth-order valence-corrected chi connectivity index (χ4v) is 3.15. The Morgan fingerprint density at radius 3 is 2.52 bits per heavy atom. The van der Waals surface area contributed by atoms with E-state index in [2.05, 4.69) is 15.8 Å². The highest BCUT2D eigenvalue weighted by Crippen LogP contribution is 2.18. The van der Waals surface area contributed by atoms with Gasteiger partial charge in [0.15, 0.2) is 0 Å². The largest absolute Gasteiger partial charge is 0.361 e.